The van der Waals surface area contributed by atoms with Crippen molar-refractivity contribution < 1.29 is 43.6 Å². The van der Waals surface area contributed by atoms with Gasteiger partial charge in [0, 0.05) is 30.1 Å². The lowest BCUT2D eigenvalue weighted by atomic mass is 9.66. The lowest BCUT2D eigenvalue weighted by Gasteiger charge is -2.51. The summed E-state index contributed by atoms with van der Waals surface area (Å²) < 4.78 is 14.6. The minimum absolute atomic E-state index is 0.120. The number of likely N-dealkylation sites (tertiary alicyclic amines) is 1. The van der Waals surface area contributed by atoms with Crippen LogP contribution in [0, 0.1) is 11.3 Å². The predicted molar refractivity (Wildman–Crippen MR) is 158 cm³/mol. The van der Waals surface area contributed by atoms with Crippen LogP contribution in [0.15, 0.2) is 24.3 Å². The van der Waals surface area contributed by atoms with Crippen molar-refractivity contribution in [1.29, 1.82) is 0 Å². The Kier molecular flexibility index (Phi) is 12.6. The summed E-state index contributed by atoms with van der Waals surface area (Å²) >= 11 is 6.03. The molecule has 1 aromatic carbocycles. The van der Waals surface area contributed by atoms with Gasteiger partial charge < -0.3 is 45.7 Å². The Morgan fingerprint density at radius 1 is 1.14 bits per heavy atom. The Hall–Kier alpha value is -3.13. The molecule has 0 radical (unpaired) electrons. The van der Waals surface area contributed by atoms with Crippen molar-refractivity contribution in [2.24, 2.45) is 17.1 Å². The van der Waals surface area contributed by atoms with E-state index in [2.05, 4.69) is 15.4 Å². The summed E-state index contributed by atoms with van der Waals surface area (Å²) in [6.45, 7) is 10.1. The summed E-state index contributed by atoms with van der Waals surface area (Å²) in [5, 5.41) is 26.8. The Morgan fingerprint density at radius 3 is 2.33 bits per heavy atom. The molecule has 3 atom stereocenters. The maximum absolute atomic E-state index is 13.6. The van der Waals surface area contributed by atoms with E-state index >= 15 is 0 Å². The number of nitrogens with zero attached hydrogens (tertiary/aromatic N) is 1. The van der Waals surface area contributed by atoms with E-state index in [1.807, 2.05) is 27.7 Å². The first-order valence-corrected chi connectivity index (χ1v) is 14.5. The van der Waals surface area contributed by atoms with Gasteiger partial charge in [0.2, 0.25) is 12.7 Å². The van der Waals surface area contributed by atoms with E-state index in [0.717, 1.165) is 5.56 Å². The Balaban J connectivity index is 1.90. The molecule has 0 aromatic heterocycles. The van der Waals surface area contributed by atoms with Gasteiger partial charge in [-0.25, -0.2) is 9.59 Å². The average molecular weight is 629 g/mol. The highest BCUT2D eigenvalue weighted by Gasteiger charge is 2.50. The average Bonchev–Trinajstić information content (AvgIpc) is 2.91. The minimum Gasteiger partial charge on any atom is -0.428 e. The summed E-state index contributed by atoms with van der Waals surface area (Å²) in [5.41, 5.74) is 2.86. The van der Waals surface area contributed by atoms with Crippen molar-refractivity contribution in [2.45, 2.75) is 77.7 Å². The number of hydrogen-bond donors (Lipinski definition) is 5. The number of esters is 1. The third kappa shape index (κ3) is 10.2. The van der Waals surface area contributed by atoms with E-state index in [1.54, 1.807) is 29.2 Å². The topological polar surface area (TPSA) is 190 Å². The molecule has 0 spiro atoms. The number of benzene rings is 1. The zero-order valence-corrected chi connectivity index (χ0v) is 26.4. The van der Waals surface area contributed by atoms with Gasteiger partial charge in [-0.3, -0.25) is 9.59 Å². The highest BCUT2D eigenvalue weighted by molar-refractivity contribution is 6.30. The van der Waals surface area contributed by atoms with E-state index < -0.39 is 53.7 Å². The molecule has 242 valence electrons. The van der Waals surface area contributed by atoms with Gasteiger partial charge in [0.25, 0.3) is 0 Å². The fraction of sp³-hybridized carbons (Fsp3) is 0.655. The number of aliphatic hydroxyl groups excluding tert-OH is 1. The number of amides is 3. The molecule has 1 aliphatic heterocycles. The molecule has 1 fully saturated rings. The van der Waals surface area contributed by atoms with Crippen LogP contribution < -0.4 is 16.4 Å². The van der Waals surface area contributed by atoms with Crippen molar-refractivity contribution in [3.8, 4) is 0 Å². The van der Waals surface area contributed by atoms with Gasteiger partial charge in [-0.1, -0.05) is 51.4 Å². The van der Waals surface area contributed by atoms with Gasteiger partial charge >= 0.3 is 18.2 Å². The van der Waals surface area contributed by atoms with Gasteiger partial charge in [0.1, 0.15) is 11.6 Å². The number of nitrogens with one attached hydrogen (secondary N) is 2. The maximum Gasteiger partial charge on any atom is 0.511 e. The van der Waals surface area contributed by atoms with Crippen LogP contribution in [0.5, 0.6) is 0 Å². The normalized spacial score (nSPS) is 19.7. The lowest BCUT2D eigenvalue weighted by molar-refractivity contribution is -0.156. The second kappa shape index (κ2) is 15.0. The molecule has 1 unspecified atom stereocenters. The molecule has 0 aliphatic carbocycles. The third-order valence-corrected chi connectivity index (χ3v) is 7.66. The fourth-order valence-corrected chi connectivity index (χ4v) is 4.86. The number of halogens is 1. The SMILES string of the molecule is CC(C)[C@@H](NC(=O)NCC(C)(C)OC(=O)OCOC(=O)CC(O)CN)C(=O)N1CC[C@](O)(c2ccc(Cl)cc2)C(C)(C)C1. The molecular weight excluding hydrogens is 584 g/mol. The standard InChI is InChI=1S/C29H45ClN4O9/c1-18(2)23(24(37)34-12-11-29(40,27(3,4)16-34)19-7-9-20(30)10-8-19)33-25(38)32-15-28(5,6)43-26(39)42-17-41-22(36)13-21(35)14-31/h7-10,18,21,23,35,40H,11-17,31H2,1-6H3,(H2,32,33,38)/t21?,23-,29+/m1/s1. The van der Waals surface area contributed by atoms with E-state index in [1.165, 1.54) is 13.8 Å². The number of carbonyl (C=O) groups is 4. The second-order valence-electron chi connectivity index (χ2n) is 12.3. The molecule has 1 saturated heterocycles. The highest BCUT2D eigenvalue weighted by Crippen LogP contribution is 2.46. The van der Waals surface area contributed by atoms with E-state index in [0.29, 0.717) is 18.0 Å². The van der Waals surface area contributed by atoms with E-state index in [-0.39, 0.29) is 37.9 Å². The zero-order chi connectivity index (χ0) is 32.6. The zero-order valence-electron chi connectivity index (χ0n) is 25.6. The first kappa shape index (κ1) is 36.1. The molecule has 1 aromatic rings. The van der Waals surface area contributed by atoms with Crippen molar-refractivity contribution in [3.63, 3.8) is 0 Å². The molecule has 14 heteroatoms. The first-order valence-electron chi connectivity index (χ1n) is 14.1. The van der Waals surface area contributed by atoms with Gasteiger partial charge in [-0.15, -0.1) is 0 Å². The number of ether oxygens (including phenoxy) is 3. The smallest absolute Gasteiger partial charge is 0.428 e. The molecule has 1 heterocycles. The molecule has 13 nitrogen and oxygen atoms in total. The largest absolute Gasteiger partial charge is 0.511 e. The van der Waals surface area contributed by atoms with Crippen LogP contribution in [-0.2, 0) is 29.4 Å². The lowest BCUT2D eigenvalue weighted by Crippen LogP contribution is -2.61. The molecular formula is C29H45ClN4O9. The second-order valence-corrected chi connectivity index (χ2v) is 12.7. The van der Waals surface area contributed by atoms with Gasteiger partial charge in [0.05, 0.1) is 24.7 Å². The minimum atomic E-state index is -1.21. The van der Waals surface area contributed by atoms with E-state index in [9.17, 15) is 29.4 Å². The van der Waals surface area contributed by atoms with Crippen LogP contribution in [0.1, 0.15) is 59.9 Å². The summed E-state index contributed by atoms with van der Waals surface area (Å²) in [7, 11) is 0. The van der Waals surface area contributed by atoms with Crippen LogP contribution in [0.25, 0.3) is 0 Å². The molecule has 3 amide bonds. The van der Waals surface area contributed by atoms with Crippen LogP contribution in [0.2, 0.25) is 5.02 Å². The quantitative estimate of drug-likeness (QED) is 0.169. The number of carbonyl (C=O) groups excluding carboxylic acids is 4. The van der Waals surface area contributed by atoms with Crippen LogP contribution >= 0.6 is 11.6 Å². The van der Waals surface area contributed by atoms with E-state index in [4.69, 9.17) is 26.8 Å². The molecule has 1 aliphatic rings. The monoisotopic (exact) mass is 628 g/mol. The summed E-state index contributed by atoms with van der Waals surface area (Å²) in [6.07, 6.45) is -2.24. The summed E-state index contributed by atoms with van der Waals surface area (Å²) in [6, 6.07) is 5.55. The molecule has 6 N–H and O–H groups in total. The van der Waals surface area contributed by atoms with Gasteiger partial charge in [-0.2, -0.15) is 0 Å². The van der Waals surface area contributed by atoms with Gasteiger partial charge in [0.15, 0.2) is 0 Å². The third-order valence-electron chi connectivity index (χ3n) is 7.41. The number of nitrogens with two attached hydrogens (primary N) is 1. The Labute approximate surface area is 257 Å². The van der Waals surface area contributed by atoms with Crippen LogP contribution in [-0.4, -0.2) is 89.9 Å². The number of hydrogen-bond acceptors (Lipinski definition) is 10. The highest BCUT2D eigenvalue weighted by atomic mass is 35.5. The van der Waals surface area contributed by atoms with Crippen molar-refractivity contribution in [3.05, 3.63) is 34.9 Å². The van der Waals surface area contributed by atoms with Crippen LogP contribution in [0.4, 0.5) is 9.59 Å². The number of piperidine rings is 1. The summed E-state index contributed by atoms with van der Waals surface area (Å²) in [4.78, 5) is 51.5. The maximum atomic E-state index is 13.6. The van der Waals surface area contributed by atoms with Crippen LogP contribution in [0.3, 0.4) is 0 Å². The molecule has 2 rings (SSSR count). The van der Waals surface area contributed by atoms with Gasteiger partial charge in [-0.05, 0) is 43.9 Å². The number of rotatable bonds is 12. The fourth-order valence-electron chi connectivity index (χ4n) is 4.74. The van der Waals surface area contributed by atoms with Crippen molar-refractivity contribution in [1.82, 2.24) is 15.5 Å². The first-order chi connectivity index (χ1) is 19.9. The van der Waals surface area contributed by atoms with Crippen molar-refractivity contribution >= 4 is 35.7 Å². The number of aliphatic hydroxyl groups is 2. The molecule has 43 heavy (non-hydrogen) atoms. The summed E-state index contributed by atoms with van der Waals surface area (Å²) in [5.74, 6) is -1.32. The Bertz CT molecular complexity index is 1130. The molecule has 0 bridgehead atoms. The van der Waals surface area contributed by atoms with Crippen molar-refractivity contribution in [2.75, 3.05) is 33.0 Å². The molecule has 0 saturated carbocycles. The number of urea groups is 1. The predicted octanol–water partition coefficient (Wildman–Crippen LogP) is 2.25. The Morgan fingerprint density at radius 2 is 1.77 bits per heavy atom.